The van der Waals surface area contributed by atoms with Gasteiger partial charge in [0.05, 0.1) is 0 Å². The lowest BCUT2D eigenvalue weighted by Gasteiger charge is -2.29. The zero-order valence-corrected chi connectivity index (χ0v) is 12.8. The molecule has 0 aromatic heterocycles. The molecule has 0 amide bonds. The molecule has 0 radical (unpaired) electrons. The van der Waals surface area contributed by atoms with Crippen LogP contribution in [0.25, 0.3) is 6.08 Å². The topological polar surface area (TPSA) is 0 Å². The van der Waals surface area contributed by atoms with E-state index in [1.807, 2.05) is 0 Å². The normalized spacial score (nSPS) is 18.7. The third-order valence-electron chi connectivity index (χ3n) is 4.73. The predicted octanol–water partition coefficient (Wildman–Crippen LogP) is 5.34. The van der Waals surface area contributed by atoms with Crippen LogP contribution in [0, 0.1) is 0 Å². The highest BCUT2D eigenvalue weighted by Gasteiger charge is 2.45. The summed E-state index contributed by atoms with van der Waals surface area (Å²) < 4.78 is 0. The quantitative estimate of drug-likeness (QED) is 0.651. The Balaban J connectivity index is 2.21. The van der Waals surface area contributed by atoms with Gasteiger partial charge >= 0.3 is 0 Å². The monoisotopic (exact) mass is 262 g/mol. The van der Waals surface area contributed by atoms with Gasteiger partial charge in [0.2, 0.25) is 0 Å². The van der Waals surface area contributed by atoms with Gasteiger partial charge in [0.1, 0.15) is 0 Å². The SMILES string of the molecule is CC1(C)C(=Cc2ccccc2)C(C)(C)c2ccccc21. The van der Waals surface area contributed by atoms with E-state index < -0.39 is 0 Å². The molecule has 0 bridgehead atoms. The molecule has 0 saturated heterocycles. The Morgan fingerprint density at radius 3 is 1.60 bits per heavy atom. The summed E-state index contributed by atoms with van der Waals surface area (Å²) in [4.78, 5) is 0. The highest BCUT2D eigenvalue weighted by Crippen LogP contribution is 2.53. The van der Waals surface area contributed by atoms with Gasteiger partial charge in [-0.25, -0.2) is 0 Å². The van der Waals surface area contributed by atoms with Gasteiger partial charge in [0.15, 0.2) is 0 Å². The van der Waals surface area contributed by atoms with Crippen LogP contribution in [0.4, 0.5) is 0 Å². The Bertz CT molecular complexity index is 620. The summed E-state index contributed by atoms with van der Waals surface area (Å²) in [6, 6.07) is 19.5. The standard InChI is InChI=1S/C20H22/c1-19(2)16-12-8-9-13-17(16)20(3,4)18(19)14-15-10-6-5-7-11-15/h5-14H,1-4H3. The van der Waals surface area contributed by atoms with Crippen LogP contribution in [0.2, 0.25) is 0 Å². The van der Waals surface area contributed by atoms with Crippen LogP contribution in [0.1, 0.15) is 44.4 Å². The number of allylic oxidation sites excluding steroid dienone is 1. The summed E-state index contributed by atoms with van der Waals surface area (Å²) >= 11 is 0. The van der Waals surface area contributed by atoms with Crippen LogP contribution in [0.5, 0.6) is 0 Å². The maximum atomic E-state index is 2.38. The maximum Gasteiger partial charge on any atom is 0.0120 e. The molecule has 0 heteroatoms. The molecule has 0 N–H and O–H groups in total. The highest BCUT2D eigenvalue weighted by molar-refractivity contribution is 5.67. The molecule has 0 nitrogen and oxygen atoms in total. The maximum absolute atomic E-state index is 2.38. The van der Waals surface area contributed by atoms with E-state index in [1.54, 1.807) is 0 Å². The van der Waals surface area contributed by atoms with E-state index in [-0.39, 0.29) is 10.8 Å². The summed E-state index contributed by atoms with van der Waals surface area (Å²) in [5.74, 6) is 0. The van der Waals surface area contributed by atoms with Gasteiger partial charge in [-0.2, -0.15) is 0 Å². The zero-order chi connectivity index (χ0) is 14.4. The average molecular weight is 262 g/mol. The van der Waals surface area contributed by atoms with Crippen LogP contribution in [-0.4, -0.2) is 0 Å². The molecule has 1 aliphatic rings. The Morgan fingerprint density at radius 1 is 0.650 bits per heavy atom. The Hall–Kier alpha value is -1.82. The van der Waals surface area contributed by atoms with Gasteiger partial charge in [0.25, 0.3) is 0 Å². The first-order valence-corrected chi connectivity index (χ1v) is 7.32. The van der Waals surface area contributed by atoms with Crippen molar-refractivity contribution >= 4 is 6.08 Å². The third kappa shape index (κ3) is 1.83. The molecule has 0 unspecified atom stereocenters. The van der Waals surface area contributed by atoms with Gasteiger partial charge in [0, 0.05) is 10.8 Å². The van der Waals surface area contributed by atoms with E-state index in [0.717, 1.165) is 0 Å². The van der Waals surface area contributed by atoms with Crippen LogP contribution in [-0.2, 0) is 10.8 Å². The number of hydrogen-bond acceptors (Lipinski definition) is 0. The smallest absolute Gasteiger partial charge is 0.0120 e. The van der Waals surface area contributed by atoms with E-state index in [9.17, 15) is 0 Å². The molecule has 20 heavy (non-hydrogen) atoms. The second-order valence-electron chi connectivity index (χ2n) is 6.76. The molecular weight excluding hydrogens is 240 g/mol. The van der Waals surface area contributed by atoms with Crippen molar-refractivity contribution in [2.75, 3.05) is 0 Å². The summed E-state index contributed by atoms with van der Waals surface area (Å²) in [5.41, 5.74) is 5.90. The molecule has 2 aromatic carbocycles. The number of hydrogen-bond donors (Lipinski definition) is 0. The van der Waals surface area contributed by atoms with Gasteiger partial charge in [-0.05, 0) is 22.3 Å². The number of fused-ring (bicyclic) bond motifs is 1. The summed E-state index contributed by atoms with van der Waals surface area (Å²) in [6.45, 7) is 9.37. The molecule has 0 aliphatic heterocycles. The summed E-state index contributed by atoms with van der Waals surface area (Å²) in [7, 11) is 0. The van der Waals surface area contributed by atoms with Crippen molar-refractivity contribution in [2.24, 2.45) is 0 Å². The molecule has 0 heterocycles. The van der Waals surface area contributed by atoms with Crippen LogP contribution in [0.3, 0.4) is 0 Å². The Kier molecular flexibility index (Phi) is 2.86. The lowest BCUT2D eigenvalue weighted by molar-refractivity contribution is 0.555. The first-order valence-electron chi connectivity index (χ1n) is 7.32. The van der Waals surface area contributed by atoms with Crippen LogP contribution in [0.15, 0.2) is 60.2 Å². The fraction of sp³-hybridized carbons (Fsp3) is 0.300. The van der Waals surface area contributed by atoms with Crippen molar-refractivity contribution in [1.82, 2.24) is 0 Å². The second-order valence-corrected chi connectivity index (χ2v) is 6.76. The van der Waals surface area contributed by atoms with Gasteiger partial charge in [-0.3, -0.25) is 0 Å². The largest absolute Gasteiger partial charge is 0.0622 e. The minimum atomic E-state index is 0.0932. The Morgan fingerprint density at radius 2 is 1.10 bits per heavy atom. The lowest BCUT2D eigenvalue weighted by atomic mass is 9.75. The fourth-order valence-electron chi connectivity index (χ4n) is 3.72. The van der Waals surface area contributed by atoms with E-state index >= 15 is 0 Å². The van der Waals surface area contributed by atoms with Crippen molar-refractivity contribution in [3.8, 4) is 0 Å². The first kappa shape index (κ1) is 13.2. The Labute approximate surface area is 122 Å². The third-order valence-corrected chi connectivity index (χ3v) is 4.73. The van der Waals surface area contributed by atoms with Crippen LogP contribution < -0.4 is 0 Å². The van der Waals surface area contributed by atoms with Gasteiger partial charge in [-0.15, -0.1) is 0 Å². The lowest BCUT2D eigenvalue weighted by Crippen LogP contribution is -2.23. The second kappa shape index (κ2) is 4.34. The van der Waals surface area contributed by atoms with E-state index in [2.05, 4.69) is 88.4 Å². The van der Waals surface area contributed by atoms with E-state index in [1.165, 1.54) is 22.3 Å². The zero-order valence-electron chi connectivity index (χ0n) is 12.8. The van der Waals surface area contributed by atoms with Gasteiger partial charge in [-0.1, -0.05) is 88.4 Å². The molecular formula is C20H22. The van der Waals surface area contributed by atoms with Crippen LogP contribution >= 0.6 is 0 Å². The van der Waals surface area contributed by atoms with E-state index in [0.29, 0.717) is 0 Å². The highest BCUT2D eigenvalue weighted by atomic mass is 14.5. The van der Waals surface area contributed by atoms with Crippen molar-refractivity contribution < 1.29 is 0 Å². The van der Waals surface area contributed by atoms with Crippen molar-refractivity contribution in [2.45, 2.75) is 38.5 Å². The molecule has 3 rings (SSSR count). The van der Waals surface area contributed by atoms with Crippen molar-refractivity contribution in [3.05, 3.63) is 76.9 Å². The number of benzene rings is 2. The molecule has 102 valence electrons. The summed E-state index contributed by atoms with van der Waals surface area (Å²) in [6.07, 6.45) is 2.38. The average Bonchev–Trinajstić information content (AvgIpc) is 2.59. The molecule has 2 aromatic rings. The minimum Gasteiger partial charge on any atom is -0.0622 e. The van der Waals surface area contributed by atoms with Gasteiger partial charge < -0.3 is 0 Å². The minimum absolute atomic E-state index is 0.0932. The molecule has 0 atom stereocenters. The number of rotatable bonds is 1. The summed E-state index contributed by atoms with van der Waals surface area (Å²) in [5, 5.41) is 0. The fourth-order valence-corrected chi connectivity index (χ4v) is 3.72. The molecule has 0 saturated carbocycles. The van der Waals surface area contributed by atoms with Crippen molar-refractivity contribution in [3.63, 3.8) is 0 Å². The molecule has 0 spiro atoms. The van der Waals surface area contributed by atoms with Crippen molar-refractivity contribution in [1.29, 1.82) is 0 Å². The predicted molar refractivity (Wildman–Crippen MR) is 86.9 cm³/mol. The molecule has 0 fully saturated rings. The first-order chi connectivity index (χ1) is 9.44. The molecule has 1 aliphatic carbocycles. The van der Waals surface area contributed by atoms with E-state index in [4.69, 9.17) is 0 Å².